The number of nitrogen functional groups attached to an aromatic ring is 1. The van der Waals surface area contributed by atoms with Crippen molar-refractivity contribution in [1.82, 2.24) is 20.2 Å². The van der Waals surface area contributed by atoms with E-state index in [0.717, 1.165) is 24.3 Å². The first kappa shape index (κ1) is 14.5. The van der Waals surface area contributed by atoms with Crippen LogP contribution in [0.1, 0.15) is 17.7 Å². The molecule has 24 heavy (non-hydrogen) atoms. The molecular weight excluding hydrogens is 302 g/mol. The van der Waals surface area contributed by atoms with Gasteiger partial charge in [0.2, 0.25) is 0 Å². The highest BCUT2D eigenvalue weighted by Crippen LogP contribution is 2.28. The Balaban J connectivity index is 1.58. The van der Waals surface area contributed by atoms with Crippen LogP contribution in [0.4, 0.5) is 23.0 Å². The minimum absolute atomic E-state index is 0.350. The number of nitrogens with one attached hydrogen (secondary N) is 3. The predicted molar refractivity (Wildman–Crippen MR) is 95.3 cm³/mol. The highest BCUT2D eigenvalue weighted by Gasteiger charge is 2.12. The van der Waals surface area contributed by atoms with Gasteiger partial charge in [0.25, 0.3) is 0 Å². The van der Waals surface area contributed by atoms with Gasteiger partial charge in [0.1, 0.15) is 11.4 Å². The van der Waals surface area contributed by atoms with Gasteiger partial charge in [-0.2, -0.15) is 5.10 Å². The molecule has 0 spiro atoms. The second-order valence-corrected chi connectivity index (χ2v) is 5.95. The lowest BCUT2D eigenvalue weighted by atomic mass is 10.0. The molecule has 0 aliphatic carbocycles. The molecule has 5 N–H and O–H groups in total. The molecule has 0 fully saturated rings. The van der Waals surface area contributed by atoms with Crippen LogP contribution in [0.2, 0.25) is 0 Å². The molecule has 1 aliphatic rings. The number of H-pyrrole nitrogens is 1. The Bertz CT molecular complexity index is 884. The summed E-state index contributed by atoms with van der Waals surface area (Å²) in [5.41, 5.74) is 11.8. The molecule has 1 aromatic carbocycles. The number of benzene rings is 1. The second-order valence-electron chi connectivity index (χ2n) is 5.95. The van der Waals surface area contributed by atoms with Gasteiger partial charge in [-0.3, -0.25) is 5.10 Å². The van der Waals surface area contributed by atoms with Crippen molar-refractivity contribution in [1.29, 1.82) is 0 Å². The SMILES string of the molecule is Cc1cc(-c2ncc(Nc3ccc4c(c3)NCCC4)nc2N)n[nH]1. The van der Waals surface area contributed by atoms with Crippen LogP contribution in [0.3, 0.4) is 0 Å². The van der Waals surface area contributed by atoms with Gasteiger partial charge in [-0.15, -0.1) is 0 Å². The molecule has 1 aliphatic heterocycles. The zero-order chi connectivity index (χ0) is 16.5. The third kappa shape index (κ3) is 2.76. The second kappa shape index (κ2) is 5.84. The summed E-state index contributed by atoms with van der Waals surface area (Å²) in [5.74, 6) is 0.960. The number of hydrogen-bond acceptors (Lipinski definition) is 6. The maximum Gasteiger partial charge on any atom is 0.154 e. The smallest absolute Gasteiger partial charge is 0.154 e. The number of aromatic amines is 1. The van der Waals surface area contributed by atoms with Crippen LogP contribution in [0, 0.1) is 6.92 Å². The van der Waals surface area contributed by atoms with E-state index in [0.29, 0.717) is 23.0 Å². The Labute approximate surface area is 139 Å². The summed E-state index contributed by atoms with van der Waals surface area (Å²) in [4.78, 5) is 8.79. The number of nitrogens with two attached hydrogens (primary N) is 1. The Hall–Kier alpha value is -3.09. The lowest BCUT2D eigenvalue weighted by molar-refractivity contribution is 0.830. The molecule has 122 valence electrons. The third-order valence-electron chi connectivity index (χ3n) is 4.07. The minimum Gasteiger partial charge on any atom is -0.385 e. The molecule has 0 saturated heterocycles. The first-order valence-corrected chi connectivity index (χ1v) is 7.98. The van der Waals surface area contributed by atoms with Crippen molar-refractivity contribution in [3.8, 4) is 11.4 Å². The summed E-state index contributed by atoms with van der Waals surface area (Å²) >= 11 is 0. The standard InChI is InChI=1S/C17H19N7/c1-10-7-14(24-23-10)16-17(18)22-15(9-20-16)21-12-5-4-11-3-2-6-19-13(11)8-12/h4-5,7-9,19H,2-3,6H2,1H3,(H,23,24)(H3,18,21,22). The van der Waals surface area contributed by atoms with Crippen LogP contribution in [-0.4, -0.2) is 26.7 Å². The molecule has 0 unspecified atom stereocenters. The third-order valence-corrected chi connectivity index (χ3v) is 4.07. The molecule has 2 aromatic heterocycles. The average Bonchev–Trinajstić information content (AvgIpc) is 3.01. The van der Waals surface area contributed by atoms with Crippen LogP contribution >= 0.6 is 0 Å². The van der Waals surface area contributed by atoms with E-state index < -0.39 is 0 Å². The molecule has 0 saturated carbocycles. The number of fused-ring (bicyclic) bond motifs is 1. The number of nitrogens with zero attached hydrogens (tertiary/aromatic N) is 3. The van der Waals surface area contributed by atoms with Crippen molar-refractivity contribution in [2.45, 2.75) is 19.8 Å². The van der Waals surface area contributed by atoms with E-state index in [1.165, 1.54) is 17.7 Å². The van der Waals surface area contributed by atoms with Gasteiger partial charge in [-0.05, 0) is 43.5 Å². The summed E-state index contributed by atoms with van der Waals surface area (Å²) < 4.78 is 0. The maximum absolute atomic E-state index is 6.05. The summed E-state index contributed by atoms with van der Waals surface area (Å²) in [6.45, 7) is 2.95. The summed E-state index contributed by atoms with van der Waals surface area (Å²) in [6, 6.07) is 8.18. The molecular formula is C17H19N7. The van der Waals surface area contributed by atoms with Gasteiger partial charge in [-0.25, -0.2) is 9.97 Å². The van der Waals surface area contributed by atoms with E-state index in [2.05, 4.69) is 49.0 Å². The fourth-order valence-corrected chi connectivity index (χ4v) is 2.89. The lowest BCUT2D eigenvalue weighted by Crippen LogP contribution is -2.11. The number of hydrogen-bond donors (Lipinski definition) is 4. The van der Waals surface area contributed by atoms with Gasteiger partial charge >= 0.3 is 0 Å². The fourth-order valence-electron chi connectivity index (χ4n) is 2.89. The highest BCUT2D eigenvalue weighted by atomic mass is 15.1. The van der Waals surface area contributed by atoms with Gasteiger partial charge in [0, 0.05) is 23.6 Å². The minimum atomic E-state index is 0.350. The average molecular weight is 321 g/mol. The number of aryl methyl sites for hydroxylation is 2. The normalized spacial score (nSPS) is 13.2. The highest BCUT2D eigenvalue weighted by molar-refractivity contribution is 5.70. The van der Waals surface area contributed by atoms with Crippen molar-refractivity contribution in [3.05, 3.63) is 41.7 Å². The van der Waals surface area contributed by atoms with E-state index in [1.54, 1.807) is 6.20 Å². The van der Waals surface area contributed by atoms with Crippen molar-refractivity contribution >= 4 is 23.0 Å². The Morgan fingerprint density at radius 1 is 1.25 bits per heavy atom. The number of rotatable bonds is 3. The van der Waals surface area contributed by atoms with Crippen molar-refractivity contribution in [2.75, 3.05) is 22.9 Å². The zero-order valence-electron chi connectivity index (χ0n) is 13.4. The number of anilines is 4. The lowest BCUT2D eigenvalue weighted by Gasteiger charge is -2.19. The quantitative estimate of drug-likeness (QED) is 0.591. The van der Waals surface area contributed by atoms with Gasteiger partial charge in [-0.1, -0.05) is 6.07 Å². The van der Waals surface area contributed by atoms with Crippen molar-refractivity contribution in [3.63, 3.8) is 0 Å². The van der Waals surface area contributed by atoms with Crippen LogP contribution in [0.5, 0.6) is 0 Å². The van der Waals surface area contributed by atoms with Crippen molar-refractivity contribution < 1.29 is 0 Å². The monoisotopic (exact) mass is 321 g/mol. The molecule has 3 aromatic rings. The predicted octanol–water partition coefficient (Wildman–Crippen LogP) is 2.86. The van der Waals surface area contributed by atoms with Gasteiger partial charge in [0.05, 0.1) is 6.20 Å². The molecule has 0 bridgehead atoms. The fraction of sp³-hybridized carbons (Fsp3) is 0.235. The van der Waals surface area contributed by atoms with Crippen LogP contribution < -0.4 is 16.4 Å². The first-order chi connectivity index (χ1) is 11.7. The summed E-state index contributed by atoms with van der Waals surface area (Å²) in [5, 5.41) is 13.7. The van der Waals surface area contributed by atoms with Crippen LogP contribution in [0.25, 0.3) is 11.4 Å². The van der Waals surface area contributed by atoms with Crippen molar-refractivity contribution in [2.24, 2.45) is 0 Å². The van der Waals surface area contributed by atoms with E-state index >= 15 is 0 Å². The maximum atomic E-state index is 6.05. The molecule has 0 atom stereocenters. The zero-order valence-corrected chi connectivity index (χ0v) is 13.4. The van der Waals surface area contributed by atoms with E-state index in [1.807, 2.05) is 13.0 Å². The largest absolute Gasteiger partial charge is 0.385 e. The molecule has 0 amide bonds. The summed E-state index contributed by atoms with van der Waals surface area (Å²) in [6.07, 6.45) is 3.96. The molecule has 0 radical (unpaired) electrons. The topological polar surface area (TPSA) is 105 Å². The Morgan fingerprint density at radius 2 is 2.17 bits per heavy atom. The van der Waals surface area contributed by atoms with Gasteiger partial charge < -0.3 is 16.4 Å². The van der Waals surface area contributed by atoms with E-state index in [-0.39, 0.29) is 0 Å². The molecule has 3 heterocycles. The van der Waals surface area contributed by atoms with E-state index in [4.69, 9.17) is 5.73 Å². The van der Waals surface area contributed by atoms with Crippen LogP contribution in [-0.2, 0) is 6.42 Å². The van der Waals surface area contributed by atoms with E-state index in [9.17, 15) is 0 Å². The first-order valence-electron chi connectivity index (χ1n) is 7.98. The number of aromatic nitrogens is 4. The van der Waals surface area contributed by atoms with Gasteiger partial charge in [0.15, 0.2) is 11.6 Å². The summed E-state index contributed by atoms with van der Waals surface area (Å²) in [7, 11) is 0. The van der Waals surface area contributed by atoms with Crippen LogP contribution in [0.15, 0.2) is 30.5 Å². The molecule has 7 nitrogen and oxygen atoms in total. The Morgan fingerprint density at radius 3 is 2.96 bits per heavy atom. The molecule has 4 rings (SSSR count). The Kier molecular flexibility index (Phi) is 3.53. The molecule has 7 heteroatoms.